The fourth-order valence-corrected chi connectivity index (χ4v) is 4.98. The van der Waals surface area contributed by atoms with E-state index in [2.05, 4.69) is 47.6 Å². The second-order valence-electron chi connectivity index (χ2n) is 10.4. The van der Waals surface area contributed by atoms with E-state index in [4.69, 9.17) is 28.2 Å². The van der Waals surface area contributed by atoms with Crippen LogP contribution < -0.4 is 0 Å². The van der Waals surface area contributed by atoms with E-state index in [0.29, 0.717) is 21.9 Å². The third-order valence-corrected chi connectivity index (χ3v) is 7.13. The summed E-state index contributed by atoms with van der Waals surface area (Å²) in [6.07, 6.45) is 1.73. The lowest BCUT2D eigenvalue weighted by atomic mass is 9.79. The van der Waals surface area contributed by atoms with Crippen molar-refractivity contribution in [1.29, 1.82) is 0 Å². The van der Waals surface area contributed by atoms with Gasteiger partial charge in [-0.2, -0.15) is 0 Å². The Kier molecular flexibility index (Phi) is 7.96. The van der Waals surface area contributed by atoms with Crippen molar-refractivity contribution in [1.82, 2.24) is 0 Å². The van der Waals surface area contributed by atoms with Crippen LogP contribution in [0.2, 0.25) is 10.0 Å². The van der Waals surface area contributed by atoms with Crippen molar-refractivity contribution in [3.05, 3.63) is 80.8 Å². The molecule has 0 aliphatic carbocycles. The predicted molar refractivity (Wildman–Crippen MR) is 147 cm³/mol. The molecule has 0 saturated carbocycles. The highest BCUT2D eigenvalue weighted by Gasteiger charge is 2.24. The first-order valence-corrected chi connectivity index (χ1v) is 12.8. The standard InChI is InChI=1S/C28H31Cl2NO2S/c1-27(2,3)19-11-17(25(32)21(13-19)28(4,5)6)15-31-23-9-7-8-10-24(23)34-16-18-12-20(29)14-22(30)26(18)33/h7-15,32-33H,16H2,1-6H3. The Morgan fingerprint density at radius 3 is 2.21 bits per heavy atom. The third kappa shape index (κ3) is 6.29. The average molecular weight is 517 g/mol. The molecule has 0 unspecified atom stereocenters. The first kappa shape index (κ1) is 26.5. The highest BCUT2D eigenvalue weighted by atomic mass is 35.5. The summed E-state index contributed by atoms with van der Waals surface area (Å²) < 4.78 is 0. The Hall–Kier alpha value is -2.14. The molecule has 0 atom stereocenters. The fourth-order valence-electron chi connectivity index (χ4n) is 3.47. The molecule has 0 radical (unpaired) electrons. The summed E-state index contributed by atoms with van der Waals surface area (Å²) in [6.45, 7) is 12.8. The number of halogens is 2. The number of phenols is 2. The van der Waals surface area contributed by atoms with Gasteiger partial charge >= 0.3 is 0 Å². The van der Waals surface area contributed by atoms with E-state index >= 15 is 0 Å². The summed E-state index contributed by atoms with van der Waals surface area (Å²) in [5.41, 5.74) is 3.90. The molecule has 6 heteroatoms. The molecule has 0 fully saturated rings. The number of hydrogen-bond donors (Lipinski definition) is 2. The minimum atomic E-state index is -0.206. The maximum absolute atomic E-state index is 11.0. The summed E-state index contributed by atoms with van der Waals surface area (Å²) in [4.78, 5) is 5.67. The monoisotopic (exact) mass is 515 g/mol. The van der Waals surface area contributed by atoms with Crippen LogP contribution in [0.4, 0.5) is 5.69 Å². The number of nitrogens with zero attached hydrogens (tertiary/aromatic N) is 1. The van der Waals surface area contributed by atoms with Gasteiger partial charge in [-0.15, -0.1) is 11.8 Å². The molecule has 3 aromatic rings. The molecule has 0 heterocycles. The Morgan fingerprint density at radius 2 is 1.56 bits per heavy atom. The van der Waals surface area contributed by atoms with Gasteiger partial charge in [-0.3, -0.25) is 4.99 Å². The summed E-state index contributed by atoms with van der Waals surface area (Å²) in [7, 11) is 0. The number of hydrogen-bond acceptors (Lipinski definition) is 4. The van der Waals surface area contributed by atoms with Gasteiger partial charge in [0.15, 0.2) is 0 Å². The van der Waals surface area contributed by atoms with E-state index in [1.54, 1.807) is 12.3 Å². The van der Waals surface area contributed by atoms with Gasteiger partial charge < -0.3 is 10.2 Å². The van der Waals surface area contributed by atoms with Crippen molar-refractivity contribution in [3.8, 4) is 11.5 Å². The molecular weight excluding hydrogens is 485 g/mol. The SMILES string of the molecule is CC(C)(C)c1cc(C=Nc2ccccc2SCc2cc(Cl)cc(Cl)c2O)c(O)c(C(C)(C)C)c1. The second kappa shape index (κ2) is 10.2. The predicted octanol–water partition coefficient (Wildman–Crippen LogP) is 9.04. The number of benzene rings is 3. The smallest absolute Gasteiger partial charge is 0.138 e. The lowest BCUT2D eigenvalue weighted by molar-refractivity contribution is 0.444. The highest BCUT2D eigenvalue weighted by Crippen LogP contribution is 2.39. The van der Waals surface area contributed by atoms with Crippen LogP contribution in [-0.4, -0.2) is 16.4 Å². The van der Waals surface area contributed by atoms with Crippen LogP contribution in [0.1, 0.15) is 63.8 Å². The zero-order chi connectivity index (χ0) is 25.3. The zero-order valence-electron chi connectivity index (χ0n) is 20.4. The molecule has 0 amide bonds. The largest absolute Gasteiger partial charge is 0.507 e. The molecule has 0 aliphatic rings. The molecule has 0 aliphatic heterocycles. The lowest BCUT2D eigenvalue weighted by Crippen LogP contribution is -2.17. The number of para-hydroxylation sites is 1. The minimum Gasteiger partial charge on any atom is -0.507 e. The van der Waals surface area contributed by atoms with Gasteiger partial charge in [0.05, 0.1) is 10.7 Å². The van der Waals surface area contributed by atoms with E-state index in [-0.39, 0.29) is 27.4 Å². The minimum absolute atomic E-state index is 0.0400. The van der Waals surface area contributed by atoms with Gasteiger partial charge in [-0.1, -0.05) is 82.9 Å². The number of thioether (sulfide) groups is 1. The molecule has 2 N–H and O–H groups in total. The van der Waals surface area contributed by atoms with Gasteiger partial charge in [0.25, 0.3) is 0 Å². The molecule has 3 nitrogen and oxygen atoms in total. The topological polar surface area (TPSA) is 52.8 Å². The van der Waals surface area contributed by atoms with Crippen LogP contribution in [0.3, 0.4) is 0 Å². The highest BCUT2D eigenvalue weighted by molar-refractivity contribution is 7.98. The van der Waals surface area contributed by atoms with Crippen molar-refractivity contribution in [2.45, 2.75) is 63.0 Å². The number of rotatable bonds is 5. The van der Waals surface area contributed by atoms with Crippen LogP contribution in [0, 0.1) is 0 Å². The number of aliphatic imine (C=N–C) groups is 1. The molecule has 180 valence electrons. The van der Waals surface area contributed by atoms with Crippen LogP contribution in [-0.2, 0) is 16.6 Å². The summed E-state index contributed by atoms with van der Waals surface area (Å²) in [6, 6.07) is 15.1. The Balaban J connectivity index is 1.96. The third-order valence-electron chi connectivity index (χ3n) is 5.51. The molecule has 0 spiro atoms. The van der Waals surface area contributed by atoms with Crippen molar-refractivity contribution >= 4 is 46.9 Å². The molecular formula is C28H31Cl2NO2S. The lowest BCUT2D eigenvalue weighted by Gasteiger charge is -2.27. The van der Waals surface area contributed by atoms with E-state index in [1.165, 1.54) is 17.8 Å². The molecule has 34 heavy (non-hydrogen) atoms. The summed E-state index contributed by atoms with van der Waals surface area (Å²) in [5.74, 6) is 0.781. The first-order chi connectivity index (χ1) is 15.8. The van der Waals surface area contributed by atoms with Crippen molar-refractivity contribution in [3.63, 3.8) is 0 Å². The van der Waals surface area contributed by atoms with Gasteiger partial charge in [0, 0.05) is 38.6 Å². The van der Waals surface area contributed by atoms with Gasteiger partial charge in [-0.05, 0) is 46.7 Å². The van der Waals surface area contributed by atoms with E-state index in [0.717, 1.165) is 21.7 Å². The van der Waals surface area contributed by atoms with E-state index < -0.39 is 0 Å². The Labute approximate surface area is 216 Å². The molecule has 0 aromatic heterocycles. The van der Waals surface area contributed by atoms with Gasteiger partial charge in [0.1, 0.15) is 11.5 Å². The zero-order valence-corrected chi connectivity index (χ0v) is 22.7. The normalized spacial score (nSPS) is 12.5. The Morgan fingerprint density at radius 1 is 0.882 bits per heavy atom. The van der Waals surface area contributed by atoms with Crippen LogP contribution in [0.25, 0.3) is 0 Å². The summed E-state index contributed by atoms with van der Waals surface area (Å²) >= 11 is 13.7. The van der Waals surface area contributed by atoms with Crippen LogP contribution in [0.5, 0.6) is 11.5 Å². The second-order valence-corrected chi connectivity index (χ2v) is 12.2. The molecule has 3 rings (SSSR count). The molecule has 0 saturated heterocycles. The van der Waals surface area contributed by atoms with Gasteiger partial charge in [0.2, 0.25) is 0 Å². The molecule has 3 aromatic carbocycles. The van der Waals surface area contributed by atoms with Crippen LogP contribution in [0.15, 0.2) is 58.4 Å². The first-order valence-electron chi connectivity index (χ1n) is 11.1. The average Bonchev–Trinajstić information content (AvgIpc) is 2.73. The van der Waals surface area contributed by atoms with Crippen molar-refractivity contribution in [2.24, 2.45) is 4.99 Å². The molecule has 0 bridgehead atoms. The number of phenolic OH excluding ortho intramolecular Hbond substituents is 2. The van der Waals surface area contributed by atoms with Crippen molar-refractivity contribution < 1.29 is 10.2 Å². The maximum Gasteiger partial charge on any atom is 0.138 e. The van der Waals surface area contributed by atoms with Crippen LogP contribution >= 0.6 is 35.0 Å². The Bertz CT molecular complexity index is 1220. The van der Waals surface area contributed by atoms with E-state index in [1.807, 2.05) is 30.3 Å². The van der Waals surface area contributed by atoms with E-state index in [9.17, 15) is 10.2 Å². The van der Waals surface area contributed by atoms with Crippen molar-refractivity contribution in [2.75, 3.05) is 0 Å². The van der Waals surface area contributed by atoms with Gasteiger partial charge in [-0.25, -0.2) is 0 Å². The fraction of sp³-hybridized carbons (Fsp3) is 0.321. The quantitative estimate of drug-likeness (QED) is 0.263. The summed E-state index contributed by atoms with van der Waals surface area (Å²) in [5, 5.41) is 22.0. The maximum atomic E-state index is 11.0. The number of aromatic hydroxyl groups is 2.